The molecule has 6 unspecified atom stereocenters. The van der Waals surface area contributed by atoms with Crippen LogP contribution in [0.3, 0.4) is 0 Å². The number of hydrogen-bond acceptors (Lipinski definition) is 5. The molecule has 4 fully saturated rings. The molecule has 152 valence electrons. The Bertz CT molecular complexity index is 619. The van der Waals surface area contributed by atoms with Crippen molar-refractivity contribution in [2.75, 3.05) is 6.61 Å². The maximum absolute atomic E-state index is 12.7. The van der Waals surface area contributed by atoms with Crippen molar-refractivity contribution in [3.8, 4) is 0 Å². The summed E-state index contributed by atoms with van der Waals surface area (Å²) >= 11 is 0. The quantitative estimate of drug-likeness (QED) is 0.511. The standard InChI is InChI=1S/C22H34O5/c1-7-22(6,21(3,4)5)20(24)25-12-13(2)26-18-15-8-14-9-16(11-15)19(23)27-17(18)10-14/h14-18H,2,7-12H2,1,3-6H3. The first-order valence-electron chi connectivity index (χ1n) is 10.3. The Morgan fingerprint density at radius 1 is 1.19 bits per heavy atom. The zero-order chi connectivity index (χ0) is 20.0. The third-order valence-electron chi connectivity index (χ3n) is 7.32. The van der Waals surface area contributed by atoms with E-state index in [0.29, 0.717) is 24.0 Å². The molecular weight excluding hydrogens is 344 g/mol. The van der Waals surface area contributed by atoms with Crippen LogP contribution in [0.5, 0.6) is 0 Å². The van der Waals surface area contributed by atoms with Gasteiger partial charge < -0.3 is 14.2 Å². The summed E-state index contributed by atoms with van der Waals surface area (Å²) in [6.45, 7) is 14.1. The lowest BCUT2D eigenvalue weighted by molar-refractivity contribution is -0.164. The largest absolute Gasteiger partial charge is 0.488 e. The predicted octanol–water partition coefficient (Wildman–Crippen LogP) is 4.25. The molecule has 0 spiro atoms. The molecule has 2 heterocycles. The van der Waals surface area contributed by atoms with Gasteiger partial charge in [0.05, 0.1) is 11.3 Å². The highest BCUT2D eigenvalue weighted by molar-refractivity contribution is 5.77. The van der Waals surface area contributed by atoms with E-state index in [0.717, 1.165) is 25.7 Å². The lowest BCUT2D eigenvalue weighted by atomic mass is 9.66. The maximum atomic E-state index is 12.7. The highest BCUT2D eigenvalue weighted by atomic mass is 16.6. The third kappa shape index (κ3) is 3.74. The van der Waals surface area contributed by atoms with E-state index in [1.807, 2.05) is 13.8 Å². The molecule has 5 heteroatoms. The highest BCUT2D eigenvalue weighted by Crippen LogP contribution is 2.48. The van der Waals surface area contributed by atoms with Crippen molar-refractivity contribution in [3.05, 3.63) is 12.3 Å². The van der Waals surface area contributed by atoms with Gasteiger partial charge in [0.2, 0.25) is 0 Å². The van der Waals surface area contributed by atoms with Crippen molar-refractivity contribution in [2.24, 2.45) is 28.6 Å². The van der Waals surface area contributed by atoms with Crippen LogP contribution in [0.2, 0.25) is 0 Å². The number of esters is 2. The van der Waals surface area contributed by atoms with Crippen LogP contribution in [0.15, 0.2) is 12.3 Å². The first-order chi connectivity index (χ1) is 12.5. The molecule has 5 nitrogen and oxygen atoms in total. The van der Waals surface area contributed by atoms with Crippen molar-refractivity contribution in [2.45, 2.75) is 78.9 Å². The van der Waals surface area contributed by atoms with Gasteiger partial charge in [0.1, 0.15) is 24.6 Å². The van der Waals surface area contributed by atoms with Gasteiger partial charge >= 0.3 is 11.9 Å². The number of fused-ring (bicyclic) bond motifs is 1. The molecule has 4 rings (SSSR count). The van der Waals surface area contributed by atoms with Crippen LogP contribution >= 0.6 is 0 Å². The minimum absolute atomic E-state index is 0.0236. The van der Waals surface area contributed by atoms with Crippen LogP contribution in [-0.4, -0.2) is 30.8 Å². The number of carbonyl (C=O) groups excluding carboxylic acids is 2. The highest BCUT2D eigenvalue weighted by Gasteiger charge is 2.51. The SMILES string of the molecule is C=C(COC(=O)C(C)(CC)C(C)(C)C)OC1C2CC3CC(C2)C(=O)OC1C3. The average molecular weight is 379 g/mol. The van der Waals surface area contributed by atoms with Gasteiger partial charge in [0.25, 0.3) is 0 Å². The summed E-state index contributed by atoms with van der Waals surface area (Å²) in [7, 11) is 0. The molecule has 2 aliphatic heterocycles. The molecular formula is C22H34O5. The second-order valence-corrected chi connectivity index (χ2v) is 9.87. The van der Waals surface area contributed by atoms with Gasteiger partial charge in [0, 0.05) is 5.92 Å². The molecule has 6 atom stereocenters. The van der Waals surface area contributed by atoms with Gasteiger partial charge in [-0.15, -0.1) is 0 Å². The second kappa shape index (κ2) is 7.14. The van der Waals surface area contributed by atoms with Crippen molar-refractivity contribution in [3.63, 3.8) is 0 Å². The van der Waals surface area contributed by atoms with E-state index in [9.17, 15) is 9.59 Å². The molecule has 27 heavy (non-hydrogen) atoms. The summed E-state index contributed by atoms with van der Waals surface area (Å²) in [4.78, 5) is 24.9. The smallest absolute Gasteiger partial charge is 0.312 e. The van der Waals surface area contributed by atoms with E-state index in [1.165, 1.54) is 0 Å². The van der Waals surface area contributed by atoms with Gasteiger partial charge in [-0.05, 0) is 50.4 Å². The topological polar surface area (TPSA) is 61.8 Å². The Kier molecular flexibility index (Phi) is 5.35. The summed E-state index contributed by atoms with van der Waals surface area (Å²) in [6, 6.07) is 0. The summed E-state index contributed by atoms with van der Waals surface area (Å²) in [5.74, 6) is 1.05. The fourth-order valence-corrected chi connectivity index (χ4v) is 4.95. The lowest BCUT2D eigenvalue weighted by Gasteiger charge is -2.42. The van der Waals surface area contributed by atoms with Crippen molar-refractivity contribution in [1.29, 1.82) is 0 Å². The summed E-state index contributed by atoms with van der Waals surface area (Å²) in [6.07, 6.45) is 4.08. The van der Waals surface area contributed by atoms with Crippen LogP contribution in [0.4, 0.5) is 0 Å². The molecule has 0 radical (unpaired) electrons. The fourth-order valence-electron chi connectivity index (χ4n) is 4.95. The Hall–Kier alpha value is -1.52. The van der Waals surface area contributed by atoms with Crippen LogP contribution in [0.1, 0.15) is 66.7 Å². The molecule has 0 N–H and O–H groups in total. The summed E-state index contributed by atoms with van der Waals surface area (Å²) in [5, 5.41) is 0. The van der Waals surface area contributed by atoms with Crippen molar-refractivity contribution >= 4 is 11.9 Å². The van der Waals surface area contributed by atoms with Gasteiger partial charge in [0.15, 0.2) is 0 Å². The Morgan fingerprint density at radius 3 is 2.52 bits per heavy atom. The Morgan fingerprint density at radius 2 is 1.89 bits per heavy atom. The zero-order valence-corrected chi connectivity index (χ0v) is 17.4. The first-order valence-corrected chi connectivity index (χ1v) is 10.3. The van der Waals surface area contributed by atoms with Crippen molar-refractivity contribution in [1.82, 2.24) is 0 Å². The van der Waals surface area contributed by atoms with Gasteiger partial charge in [-0.3, -0.25) is 9.59 Å². The van der Waals surface area contributed by atoms with E-state index in [-0.39, 0.29) is 42.1 Å². The number of ether oxygens (including phenoxy) is 3. The normalized spacial score (nSPS) is 34.4. The average Bonchev–Trinajstić information content (AvgIpc) is 2.75. The third-order valence-corrected chi connectivity index (χ3v) is 7.32. The lowest BCUT2D eigenvalue weighted by Crippen LogP contribution is -2.44. The predicted molar refractivity (Wildman–Crippen MR) is 102 cm³/mol. The summed E-state index contributed by atoms with van der Waals surface area (Å²) in [5.41, 5.74) is -0.766. The van der Waals surface area contributed by atoms with Crippen molar-refractivity contribution < 1.29 is 23.8 Å². The Balaban J connectivity index is 1.58. The number of rotatable bonds is 6. The minimum atomic E-state index is -0.567. The second-order valence-electron chi connectivity index (χ2n) is 9.87. The van der Waals surface area contributed by atoms with E-state index in [2.05, 4.69) is 27.4 Å². The molecule has 0 aromatic carbocycles. The van der Waals surface area contributed by atoms with E-state index in [1.54, 1.807) is 0 Å². The Labute approximate surface area is 162 Å². The van der Waals surface area contributed by atoms with Crippen LogP contribution in [0.25, 0.3) is 0 Å². The van der Waals surface area contributed by atoms with Gasteiger partial charge in [-0.25, -0.2) is 0 Å². The summed E-state index contributed by atoms with van der Waals surface area (Å²) < 4.78 is 17.3. The van der Waals surface area contributed by atoms with Crippen LogP contribution < -0.4 is 0 Å². The van der Waals surface area contributed by atoms with E-state index in [4.69, 9.17) is 14.2 Å². The van der Waals surface area contributed by atoms with Gasteiger partial charge in [-0.2, -0.15) is 0 Å². The number of carbonyl (C=O) groups is 2. The molecule has 2 saturated heterocycles. The van der Waals surface area contributed by atoms with Crippen LogP contribution in [0, 0.1) is 28.6 Å². The van der Waals surface area contributed by atoms with Crippen LogP contribution in [-0.2, 0) is 23.8 Å². The molecule has 0 aromatic heterocycles. The molecule has 4 aliphatic rings. The van der Waals surface area contributed by atoms with E-state index >= 15 is 0 Å². The van der Waals surface area contributed by atoms with Gasteiger partial charge in [-0.1, -0.05) is 34.3 Å². The fraction of sp³-hybridized carbons (Fsp3) is 0.818. The minimum Gasteiger partial charge on any atom is -0.488 e. The molecule has 2 saturated carbocycles. The first kappa shape index (κ1) is 20.2. The molecule has 2 aliphatic carbocycles. The number of hydrogen-bond donors (Lipinski definition) is 0. The maximum Gasteiger partial charge on any atom is 0.312 e. The molecule has 0 amide bonds. The zero-order valence-electron chi connectivity index (χ0n) is 17.4. The van der Waals surface area contributed by atoms with E-state index < -0.39 is 5.41 Å². The molecule has 4 bridgehead atoms. The molecule has 0 aromatic rings. The monoisotopic (exact) mass is 378 g/mol.